The van der Waals surface area contributed by atoms with E-state index in [9.17, 15) is 9.59 Å². The number of likely N-dealkylation sites (N-methyl/N-ethyl adjacent to an activating group) is 1. The van der Waals surface area contributed by atoms with E-state index in [4.69, 9.17) is 11.6 Å². The highest BCUT2D eigenvalue weighted by Crippen LogP contribution is 2.25. The Labute approximate surface area is 163 Å². The van der Waals surface area contributed by atoms with Crippen molar-refractivity contribution in [2.75, 3.05) is 33.2 Å². The first kappa shape index (κ1) is 19.4. The van der Waals surface area contributed by atoms with Crippen LogP contribution in [-0.4, -0.2) is 64.6 Å². The second-order valence-corrected chi connectivity index (χ2v) is 7.15. The smallest absolute Gasteiger partial charge is 0.247 e. The fraction of sp³-hybridized carbons (Fsp3) is 0.421. The molecule has 2 unspecified atom stereocenters. The fourth-order valence-electron chi connectivity index (χ4n) is 3.33. The van der Waals surface area contributed by atoms with Crippen LogP contribution >= 0.6 is 11.6 Å². The van der Waals surface area contributed by atoms with E-state index in [1.165, 1.54) is 4.90 Å². The molecular weight excluding hydrogens is 366 g/mol. The summed E-state index contributed by atoms with van der Waals surface area (Å²) in [6.45, 7) is 3.78. The predicted octanol–water partition coefficient (Wildman–Crippen LogP) is 1.73. The second kappa shape index (κ2) is 8.54. The third kappa shape index (κ3) is 4.48. The number of rotatable bonds is 5. The molecule has 1 saturated heterocycles. The van der Waals surface area contributed by atoms with Gasteiger partial charge in [0.25, 0.3) is 0 Å². The zero-order chi connectivity index (χ0) is 19.4. The van der Waals surface area contributed by atoms with Crippen molar-refractivity contribution >= 4 is 23.4 Å². The lowest BCUT2D eigenvalue weighted by Crippen LogP contribution is -2.52. The van der Waals surface area contributed by atoms with Crippen LogP contribution in [0.25, 0.3) is 0 Å². The summed E-state index contributed by atoms with van der Waals surface area (Å²) >= 11 is 6.12. The number of amides is 2. The molecule has 7 nitrogen and oxygen atoms in total. The number of benzene rings is 1. The molecule has 0 saturated carbocycles. The van der Waals surface area contributed by atoms with E-state index >= 15 is 0 Å². The molecule has 1 aromatic carbocycles. The van der Waals surface area contributed by atoms with Crippen molar-refractivity contribution in [3.63, 3.8) is 0 Å². The van der Waals surface area contributed by atoms with Gasteiger partial charge in [-0.3, -0.25) is 14.3 Å². The van der Waals surface area contributed by atoms with E-state index < -0.39 is 6.04 Å². The van der Waals surface area contributed by atoms with E-state index in [2.05, 4.69) is 10.4 Å². The van der Waals surface area contributed by atoms with Crippen LogP contribution in [0, 0.1) is 0 Å². The molecule has 2 atom stereocenters. The first-order valence-corrected chi connectivity index (χ1v) is 9.35. The quantitative estimate of drug-likeness (QED) is 0.845. The molecule has 0 radical (unpaired) electrons. The summed E-state index contributed by atoms with van der Waals surface area (Å²) in [5.74, 6) is -0.230. The van der Waals surface area contributed by atoms with Crippen LogP contribution in [0.4, 0.5) is 0 Å². The summed E-state index contributed by atoms with van der Waals surface area (Å²) in [6, 6.07) is 8.77. The van der Waals surface area contributed by atoms with Gasteiger partial charge in [-0.2, -0.15) is 5.10 Å². The lowest BCUT2D eigenvalue weighted by molar-refractivity contribution is -0.143. The Morgan fingerprint density at radius 1 is 1.41 bits per heavy atom. The number of nitrogens with zero attached hydrogens (tertiary/aromatic N) is 4. The van der Waals surface area contributed by atoms with Crippen molar-refractivity contribution in [2.45, 2.75) is 19.0 Å². The molecule has 0 bridgehead atoms. The maximum atomic E-state index is 12.9. The molecule has 1 aliphatic heterocycles. The first-order valence-electron chi connectivity index (χ1n) is 8.97. The maximum absolute atomic E-state index is 12.9. The average molecular weight is 390 g/mol. The number of halogens is 1. The third-order valence-electron chi connectivity index (χ3n) is 4.82. The van der Waals surface area contributed by atoms with Gasteiger partial charge in [-0.15, -0.1) is 0 Å². The highest BCUT2D eigenvalue weighted by atomic mass is 35.5. The molecule has 3 rings (SSSR count). The number of hydrogen-bond donors (Lipinski definition) is 1. The van der Waals surface area contributed by atoms with Gasteiger partial charge in [0, 0.05) is 44.1 Å². The number of hydrogen-bond acceptors (Lipinski definition) is 4. The zero-order valence-electron chi connectivity index (χ0n) is 15.5. The lowest BCUT2D eigenvalue weighted by atomic mass is 10.0. The molecule has 1 aliphatic rings. The Balaban J connectivity index is 1.68. The maximum Gasteiger partial charge on any atom is 0.247 e. The Bertz CT molecular complexity index is 795. The molecule has 0 aliphatic carbocycles. The van der Waals surface area contributed by atoms with E-state index in [1.807, 2.05) is 29.2 Å². The Morgan fingerprint density at radius 2 is 2.22 bits per heavy atom. The topological polar surface area (TPSA) is 70.5 Å². The molecule has 1 N–H and O–H groups in total. The van der Waals surface area contributed by atoms with Crippen LogP contribution in [-0.2, 0) is 9.59 Å². The van der Waals surface area contributed by atoms with Gasteiger partial charge in [0.1, 0.15) is 6.04 Å². The normalized spacial score (nSPS) is 18.2. The van der Waals surface area contributed by atoms with Crippen LogP contribution in [0.2, 0.25) is 5.02 Å². The van der Waals surface area contributed by atoms with Gasteiger partial charge < -0.3 is 15.1 Å². The van der Waals surface area contributed by atoms with Crippen molar-refractivity contribution in [1.82, 2.24) is 24.9 Å². The number of aromatic nitrogens is 2. The van der Waals surface area contributed by atoms with Gasteiger partial charge in [0.2, 0.25) is 11.8 Å². The standard InChI is InChI=1S/C19H24ClN5O2/c1-14(25-9-4-7-22-25)19(27)23(2)13-18(26)24-10-8-21-12-17(24)15-5-3-6-16(20)11-15/h3-7,9,11,14,17,21H,8,10,12-13H2,1-2H3. The lowest BCUT2D eigenvalue weighted by Gasteiger charge is -2.37. The van der Waals surface area contributed by atoms with Crippen LogP contribution in [0.15, 0.2) is 42.7 Å². The van der Waals surface area contributed by atoms with Crippen LogP contribution in [0.1, 0.15) is 24.6 Å². The Kier molecular flexibility index (Phi) is 6.13. The van der Waals surface area contributed by atoms with Gasteiger partial charge >= 0.3 is 0 Å². The molecule has 0 spiro atoms. The van der Waals surface area contributed by atoms with E-state index in [1.54, 1.807) is 37.1 Å². The van der Waals surface area contributed by atoms with Crippen molar-refractivity contribution < 1.29 is 9.59 Å². The molecule has 1 aromatic heterocycles. The molecular formula is C19H24ClN5O2. The molecule has 144 valence electrons. The summed E-state index contributed by atoms with van der Waals surface area (Å²) in [5.41, 5.74) is 0.988. The Hall–Kier alpha value is -2.38. The summed E-state index contributed by atoms with van der Waals surface area (Å²) in [7, 11) is 1.65. The molecule has 2 heterocycles. The minimum Gasteiger partial charge on any atom is -0.335 e. The number of piperazine rings is 1. The van der Waals surface area contributed by atoms with Crippen LogP contribution < -0.4 is 5.32 Å². The van der Waals surface area contributed by atoms with Crippen LogP contribution in [0.5, 0.6) is 0 Å². The summed E-state index contributed by atoms with van der Waals surface area (Å²) in [5, 5.41) is 8.07. The molecule has 1 fully saturated rings. The fourth-order valence-corrected chi connectivity index (χ4v) is 3.53. The Morgan fingerprint density at radius 3 is 2.93 bits per heavy atom. The third-order valence-corrected chi connectivity index (χ3v) is 5.06. The van der Waals surface area contributed by atoms with Gasteiger partial charge in [-0.1, -0.05) is 23.7 Å². The number of nitrogens with one attached hydrogen (secondary N) is 1. The minimum absolute atomic E-state index is 0.0293. The average Bonchev–Trinajstić information content (AvgIpc) is 3.21. The van der Waals surface area contributed by atoms with Gasteiger partial charge in [0.05, 0.1) is 12.6 Å². The van der Waals surface area contributed by atoms with E-state index in [0.717, 1.165) is 12.1 Å². The zero-order valence-corrected chi connectivity index (χ0v) is 16.3. The number of carbonyl (C=O) groups is 2. The van der Waals surface area contributed by atoms with Gasteiger partial charge in [0.15, 0.2) is 0 Å². The van der Waals surface area contributed by atoms with Crippen molar-refractivity contribution in [3.05, 3.63) is 53.3 Å². The SMILES string of the molecule is CC(C(=O)N(C)CC(=O)N1CCNCC1c1cccc(Cl)c1)n1cccn1. The summed E-state index contributed by atoms with van der Waals surface area (Å²) < 4.78 is 1.59. The van der Waals surface area contributed by atoms with E-state index in [-0.39, 0.29) is 24.4 Å². The largest absolute Gasteiger partial charge is 0.335 e. The molecule has 8 heteroatoms. The second-order valence-electron chi connectivity index (χ2n) is 6.72. The first-order chi connectivity index (χ1) is 13.0. The van der Waals surface area contributed by atoms with Gasteiger partial charge in [-0.25, -0.2) is 0 Å². The molecule has 2 amide bonds. The van der Waals surface area contributed by atoms with Gasteiger partial charge in [-0.05, 0) is 30.7 Å². The predicted molar refractivity (Wildman–Crippen MR) is 103 cm³/mol. The molecule has 2 aromatic rings. The highest BCUT2D eigenvalue weighted by molar-refractivity contribution is 6.30. The highest BCUT2D eigenvalue weighted by Gasteiger charge is 2.30. The van der Waals surface area contributed by atoms with Crippen molar-refractivity contribution in [2.24, 2.45) is 0 Å². The minimum atomic E-state index is -0.454. The molecule has 27 heavy (non-hydrogen) atoms. The summed E-state index contributed by atoms with van der Waals surface area (Å²) in [4.78, 5) is 28.8. The van der Waals surface area contributed by atoms with Crippen molar-refractivity contribution in [3.8, 4) is 0 Å². The van der Waals surface area contributed by atoms with Crippen LogP contribution in [0.3, 0.4) is 0 Å². The van der Waals surface area contributed by atoms with E-state index in [0.29, 0.717) is 18.1 Å². The number of carbonyl (C=O) groups excluding carboxylic acids is 2. The van der Waals surface area contributed by atoms with Crippen molar-refractivity contribution in [1.29, 1.82) is 0 Å². The monoisotopic (exact) mass is 389 g/mol. The summed E-state index contributed by atoms with van der Waals surface area (Å²) in [6.07, 6.45) is 3.37.